The molecule has 108 valence electrons. The zero-order chi connectivity index (χ0) is 15.2. The van der Waals surface area contributed by atoms with E-state index in [9.17, 15) is 10.1 Å². The summed E-state index contributed by atoms with van der Waals surface area (Å²) < 4.78 is 0. The van der Waals surface area contributed by atoms with Gasteiger partial charge in [-0.15, -0.1) is 5.54 Å². The van der Waals surface area contributed by atoms with Crippen molar-refractivity contribution in [1.29, 1.82) is 0 Å². The van der Waals surface area contributed by atoms with Crippen LogP contribution in [0.25, 0.3) is 0 Å². The van der Waals surface area contributed by atoms with Gasteiger partial charge < -0.3 is 4.90 Å². The molecule has 0 saturated heterocycles. The Balaban J connectivity index is 3.06. The normalized spacial score (nSPS) is 10.6. The number of hydrogen-bond acceptors (Lipinski definition) is 3. The molecule has 0 unspecified atom stereocenters. The van der Waals surface area contributed by atoms with Gasteiger partial charge in [0.15, 0.2) is 0 Å². The molecule has 1 aromatic carbocycles. The van der Waals surface area contributed by atoms with Gasteiger partial charge in [0.25, 0.3) is 5.69 Å². The summed E-state index contributed by atoms with van der Waals surface area (Å²) in [7, 11) is -1.46. The van der Waals surface area contributed by atoms with E-state index >= 15 is 0 Å². The molecule has 0 heterocycles. The number of hydrogen-bond donors (Lipinski definition) is 0. The standard InChI is InChI=1S/C15H22N2O2Si/c1-5-6-10-16(11-12-20(2,3)4)14-8-7-9-15(13-14)17(18)19/h7-9,13H,5-6,10H2,1-4H3. The first-order valence-electron chi connectivity index (χ1n) is 6.88. The third-order valence-corrected chi connectivity index (χ3v) is 3.52. The Morgan fingerprint density at radius 3 is 2.60 bits per heavy atom. The Morgan fingerprint density at radius 2 is 2.05 bits per heavy atom. The summed E-state index contributed by atoms with van der Waals surface area (Å²) in [4.78, 5) is 12.4. The number of nitro groups is 1. The van der Waals surface area contributed by atoms with Crippen molar-refractivity contribution in [2.45, 2.75) is 39.4 Å². The monoisotopic (exact) mass is 290 g/mol. The number of nitro benzene ring substituents is 1. The van der Waals surface area contributed by atoms with Gasteiger partial charge in [-0.3, -0.25) is 10.1 Å². The molecule has 5 heteroatoms. The lowest BCUT2D eigenvalue weighted by atomic mass is 10.2. The van der Waals surface area contributed by atoms with E-state index in [1.54, 1.807) is 12.1 Å². The predicted molar refractivity (Wildman–Crippen MR) is 86.5 cm³/mol. The molecule has 0 atom stereocenters. The molecule has 0 aromatic heterocycles. The topological polar surface area (TPSA) is 46.4 Å². The summed E-state index contributed by atoms with van der Waals surface area (Å²) in [5.41, 5.74) is 4.24. The van der Waals surface area contributed by atoms with Crippen molar-refractivity contribution in [1.82, 2.24) is 0 Å². The molecular formula is C15H22N2O2Si. The number of unbranched alkanes of at least 4 members (excludes halogenated alkanes) is 1. The third-order valence-electron chi connectivity index (χ3n) is 2.65. The second kappa shape index (κ2) is 7.11. The molecule has 0 fully saturated rings. The van der Waals surface area contributed by atoms with Crippen molar-refractivity contribution in [2.24, 2.45) is 0 Å². The maximum absolute atomic E-state index is 10.9. The van der Waals surface area contributed by atoms with Crippen LogP contribution in [0, 0.1) is 21.7 Å². The van der Waals surface area contributed by atoms with E-state index in [4.69, 9.17) is 0 Å². The Hall–Kier alpha value is -1.80. The molecule has 0 spiro atoms. The number of anilines is 1. The maximum Gasteiger partial charge on any atom is 0.271 e. The highest BCUT2D eigenvalue weighted by atomic mass is 28.3. The fourth-order valence-corrected chi connectivity index (χ4v) is 2.05. The van der Waals surface area contributed by atoms with Crippen LogP contribution in [0.4, 0.5) is 11.4 Å². The lowest BCUT2D eigenvalue weighted by molar-refractivity contribution is -0.384. The third kappa shape index (κ3) is 5.45. The minimum Gasteiger partial charge on any atom is -0.302 e. The quantitative estimate of drug-likeness (QED) is 0.270. The molecule has 0 amide bonds. The average molecular weight is 290 g/mol. The van der Waals surface area contributed by atoms with Gasteiger partial charge in [0.05, 0.1) is 10.6 Å². The molecule has 0 aliphatic rings. The van der Waals surface area contributed by atoms with Crippen molar-refractivity contribution in [3.63, 3.8) is 0 Å². The number of benzene rings is 1. The molecule has 0 bridgehead atoms. The van der Waals surface area contributed by atoms with Gasteiger partial charge in [0, 0.05) is 24.7 Å². The first-order chi connectivity index (χ1) is 9.33. The zero-order valence-corrected chi connectivity index (χ0v) is 13.6. The van der Waals surface area contributed by atoms with Crippen LogP contribution in [-0.4, -0.2) is 19.5 Å². The summed E-state index contributed by atoms with van der Waals surface area (Å²) in [6.07, 6.45) is 2.09. The fourth-order valence-electron chi connectivity index (χ4n) is 1.58. The highest BCUT2D eigenvalue weighted by Gasteiger charge is 2.12. The van der Waals surface area contributed by atoms with E-state index < -0.39 is 8.07 Å². The average Bonchev–Trinajstić information content (AvgIpc) is 2.38. The van der Waals surface area contributed by atoms with E-state index in [-0.39, 0.29) is 10.6 Å². The molecule has 0 aliphatic carbocycles. The van der Waals surface area contributed by atoms with Crippen LogP contribution < -0.4 is 4.90 Å². The molecule has 1 rings (SSSR count). The maximum atomic E-state index is 10.9. The zero-order valence-electron chi connectivity index (χ0n) is 12.6. The van der Waals surface area contributed by atoms with Gasteiger partial charge in [-0.25, -0.2) is 0 Å². The Labute approximate surface area is 122 Å². The summed E-state index contributed by atoms with van der Waals surface area (Å²) in [5, 5.41) is 10.9. The van der Waals surface area contributed by atoms with Crippen molar-refractivity contribution in [3.8, 4) is 11.6 Å². The summed E-state index contributed by atoms with van der Waals surface area (Å²) >= 11 is 0. The van der Waals surface area contributed by atoms with Crippen LogP contribution in [0.2, 0.25) is 19.6 Å². The Kier molecular flexibility index (Phi) is 5.77. The van der Waals surface area contributed by atoms with Gasteiger partial charge in [0.1, 0.15) is 8.07 Å². The fraction of sp³-hybridized carbons (Fsp3) is 0.467. The molecule has 4 nitrogen and oxygen atoms in total. The van der Waals surface area contributed by atoms with E-state index in [1.165, 1.54) is 6.07 Å². The van der Waals surface area contributed by atoms with Crippen molar-refractivity contribution < 1.29 is 4.92 Å². The molecule has 0 saturated carbocycles. The molecule has 1 aromatic rings. The van der Waals surface area contributed by atoms with Gasteiger partial charge in [-0.05, 0) is 12.5 Å². The minimum absolute atomic E-state index is 0.110. The van der Waals surface area contributed by atoms with Crippen LogP contribution in [0.5, 0.6) is 0 Å². The van der Waals surface area contributed by atoms with Crippen LogP contribution >= 0.6 is 0 Å². The lowest BCUT2D eigenvalue weighted by Crippen LogP contribution is -2.22. The Morgan fingerprint density at radius 1 is 1.35 bits per heavy atom. The SMILES string of the molecule is CCCCN(C#C[Si](C)(C)C)c1cccc([N+](=O)[O-])c1. The number of non-ortho nitro benzene ring substituents is 1. The number of rotatable bonds is 5. The summed E-state index contributed by atoms with van der Waals surface area (Å²) in [6.45, 7) is 9.48. The van der Waals surface area contributed by atoms with Gasteiger partial charge in [0.2, 0.25) is 0 Å². The van der Waals surface area contributed by atoms with E-state index in [1.807, 2.05) is 11.0 Å². The molecule has 20 heavy (non-hydrogen) atoms. The van der Waals surface area contributed by atoms with Crippen molar-refractivity contribution in [2.75, 3.05) is 11.4 Å². The first kappa shape index (κ1) is 16.3. The lowest BCUT2D eigenvalue weighted by Gasteiger charge is -2.18. The summed E-state index contributed by atoms with van der Waals surface area (Å²) in [5.74, 6) is 0. The van der Waals surface area contributed by atoms with Crippen LogP contribution in [-0.2, 0) is 0 Å². The minimum atomic E-state index is -1.46. The highest BCUT2D eigenvalue weighted by molar-refractivity contribution is 6.83. The van der Waals surface area contributed by atoms with Gasteiger partial charge >= 0.3 is 0 Å². The molecule has 0 N–H and O–H groups in total. The van der Waals surface area contributed by atoms with E-state index in [2.05, 4.69) is 38.2 Å². The van der Waals surface area contributed by atoms with Crippen LogP contribution in [0.15, 0.2) is 24.3 Å². The first-order valence-corrected chi connectivity index (χ1v) is 10.4. The molecule has 0 aliphatic heterocycles. The largest absolute Gasteiger partial charge is 0.302 e. The predicted octanol–water partition coefficient (Wildman–Crippen LogP) is 4.04. The second-order valence-electron chi connectivity index (χ2n) is 5.77. The van der Waals surface area contributed by atoms with Crippen LogP contribution in [0.3, 0.4) is 0 Å². The summed E-state index contributed by atoms with van der Waals surface area (Å²) in [6, 6.07) is 9.89. The van der Waals surface area contributed by atoms with Crippen molar-refractivity contribution in [3.05, 3.63) is 34.4 Å². The van der Waals surface area contributed by atoms with E-state index in [0.717, 1.165) is 25.1 Å². The van der Waals surface area contributed by atoms with Gasteiger partial charge in [-0.2, -0.15) is 0 Å². The van der Waals surface area contributed by atoms with Crippen LogP contribution in [0.1, 0.15) is 19.8 Å². The van der Waals surface area contributed by atoms with Crippen molar-refractivity contribution >= 4 is 19.4 Å². The molecule has 0 radical (unpaired) electrons. The second-order valence-corrected chi connectivity index (χ2v) is 10.5. The van der Waals surface area contributed by atoms with Gasteiger partial charge in [-0.1, -0.05) is 39.1 Å². The Bertz CT molecular complexity index is 527. The number of nitrogens with zero attached hydrogens (tertiary/aromatic N) is 2. The molecular weight excluding hydrogens is 268 g/mol. The smallest absolute Gasteiger partial charge is 0.271 e. The highest BCUT2D eigenvalue weighted by Crippen LogP contribution is 2.21. The van der Waals surface area contributed by atoms with E-state index in [0.29, 0.717) is 0 Å².